The molecular formula is C28H38N5O4S+. The summed E-state index contributed by atoms with van der Waals surface area (Å²) in [5, 5.41) is 29.9. The van der Waals surface area contributed by atoms with Gasteiger partial charge in [0.05, 0.1) is 18.8 Å². The molecule has 204 valence electrons. The molecule has 38 heavy (non-hydrogen) atoms. The van der Waals surface area contributed by atoms with Gasteiger partial charge in [-0.05, 0) is 53.8 Å². The van der Waals surface area contributed by atoms with Crippen molar-refractivity contribution in [2.24, 2.45) is 0 Å². The van der Waals surface area contributed by atoms with Crippen molar-refractivity contribution >= 4 is 12.6 Å². The Bertz CT molecular complexity index is 1220. The molecule has 1 aromatic heterocycles. The Morgan fingerprint density at radius 1 is 1.03 bits per heavy atom. The number of ether oxygens (including phenoxy) is 1. The molecule has 4 rings (SSSR count). The summed E-state index contributed by atoms with van der Waals surface area (Å²) in [6.07, 6.45) is 2.72. The second-order valence-corrected chi connectivity index (χ2v) is 10.5. The quantitative estimate of drug-likeness (QED) is 0.174. The molecule has 0 atom stereocenters. The number of aromatic nitrogens is 3. The van der Waals surface area contributed by atoms with Crippen molar-refractivity contribution in [1.29, 1.82) is 0 Å². The Balaban J connectivity index is 1.67. The Morgan fingerprint density at radius 3 is 2.45 bits per heavy atom. The maximum Gasteiger partial charge on any atom is 0.251 e. The zero-order chi connectivity index (χ0) is 27.1. The summed E-state index contributed by atoms with van der Waals surface area (Å²) in [5.74, 6) is 1.70. The largest absolute Gasteiger partial charge is 0.508 e. The summed E-state index contributed by atoms with van der Waals surface area (Å²) in [6, 6.07) is 11.2. The summed E-state index contributed by atoms with van der Waals surface area (Å²) in [4.78, 5) is 15.1. The monoisotopic (exact) mass is 540 g/mol. The van der Waals surface area contributed by atoms with E-state index in [0.717, 1.165) is 68.3 Å². The normalized spacial score (nSPS) is 14.3. The number of benzene rings is 2. The number of hydrogen-bond donors (Lipinski definition) is 3. The van der Waals surface area contributed by atoms with Crippen LogP contribution in [-0.2, 0) is 17.8 Å². The summed E-state index contributed by atoms with van der Waals surface area (Å²) >= 11 is 4.24. The van der Waals surface area contributed by atoms with Crippen LogP contribution in [0.3, 0.4) is 0 Å². The van der Waals surface area contributed by atoms with Gasteiger partial charge in [0.25, 0.3) is 6.54 Å². The number of phenolic OH excluding ortho intramolecular Hbond substituents is 2. The molecule has 1 fully saturated rings. The third-order valence-corrected chi connectivity index (χ3v) is 7.14. The van der Waals surface area contributed by atoms with Gasteiger partial charge < -0.3 is 14.9 Å². The van der Waals surface area contributed by atoms with Crippen LogP contribution in [0.2, 0.25) is 0 Å². The smallest absolute Gasteiger partial charge is 0.251 e. The van der Waals surface area contributed by atoms with Crippen LogP contribution in [0, 0.1) is 4.91 Å². The van der Waals surface area contributed by atoms with E-state index in [0.29, 0.717) is 29.3 Å². The maximum absolute atomic E-state index is 12.8. The van der Waals surface area contributed by atoms with E-state index < -0.39 is 0 Å². The molecule has 2 heterocycles. The summed E-state index contributed by atoms with van der Waals surface area (Å²) in [6.45, 7) is 8.57. The van der Waals surface area contributed by atoms with Gasteiger partial charge >= 0.3 is 0 Å². The van der Waals surface area contributed by atoms with E-state index >= 15 is 0 Å². The van der Waals surface area contributed by atoms with Crippen LogP contribution in [0.5, 0.6) is 11.5 Å². The molecule has 1 saturated heterocycles. The van der Waals surface area contributed by atoms with Gasteiger partial charge in [-0.2, -0.15) is 12.6 Å². The number of rotatable bonds is 12. The van der Waals surface area contributed by atoms with Crippen molar-refractivity contribution < 1.29 is 19.7 Å². The Labute approximate surface area is 229 Å². The molecule has 0 unspecified atom stereocenters. The molecule has 0 spiro atoms. The molecule has 2 aromatic carbocycles. The Hall–Kier alpha value is -2.95. The number of unbranched alkanes of at least 4 members (excludes halogenated alkanes) is 2. The number of hydrogen-bond acceptors (Lipinski definition) is 8. The van der Waals surface area contributed by atoms with Crippen LogP contribution in [0.25, 0.3) is 17.1 Å². The second kappa shape index (κ2) is 13.2. The molecule has 0 saturated carbocycles. The average Bonchev–Trinajstić information content (AvgIpc) is 3.30. The molecule has 0 amide bonds. The fraction of sp³-hybridized carbons (Fsp3) is 0.500. The van der Waals surface area contributed by atoms with Gasteiger partial charge in [0, 0.05) is 47.5 Å². The first-order chi connectivity index (χ1) is 18.4. The molecule has 9 nitrogen and oxygen atoms in total. The van der Waals surface area contributed by atoms with E-state index in [4.69, 9.17) is 4.74 Å². The predicted molar refractivity (Wildman–Crippen MR) is 150 cm³/mol. The number of thiol groups is 1. The van der Waals surface area contributed by atoms with Crippen LogP contribution in [0.1, 0.15) is 56.0 Å². The molecule has 0 aliphatic carbocycles. The zero-order valence-electron chi connectivity index (χ0n) is 22.2. The third-order valence-electron chi connectivity index (χ3n) is 6.83. The van der Waals surface area contributed by atoms with Crippen LogP contribution in [0.4, 0.5) is 0 Å². The van der Waals surface area contributed by atoms with Crippen molar-refractivity contribution in [2.75, 3.05) is 38.6 Å². The Kier molecular flexibility index (Phi) is 9.76. The van der Waals surface area contributed by atoms with Crippen LogP contribution in [-0.4, -0.2) is 73.2 Å². The molecular weight excluding hydrogens is 502 g/mol. The topological polar surface area (TPSA) is 104 Å². The van der Waals surface area contributed by atoms with Gasteiger partial charge in [0.2, 0.25) is 5.82 Å². The van der Waals surface area contributed by atoms with E-state index in [1.54, 1.807) is 6.07 Å². The van der Waals surface area contributed by atoms with Crippen molar-refractivity contribution in [1.82, 2.24) is 19.7 Å². The number of nitroso groups, excluding NO2 is 1. The van der Waals surface area contributed by atoms with Crippen molar-refractivity contribution in [3.05, 3.63) is 58.3 Å². The van der Waals surface area contributed by atoms with Gasteiger partial charge in [0.15, 0.2) is 12.4 Å². The van der Waals surface area contributed by atoms with Crippen LogP contribution >= 0.6 is 12.6 Å². The predicted octanol–water partition coefficient (Wildman–Crippen LogP) is 4.68. The highest BCUT2D eigenvalue weighted by Gasteiger charge is 2.24. The lowest BCUT2D eigenvalue weighted by Crippen LogP contribution is -2.35. The van der Waals surface area contributed by atoms with Gasteiger partial charge in [-0.15, -0.1) is 10.2 Å². The first-order valence-corrected chi connectivity index (χ1v) is 13.9. The number of morpholine rings is 1. The summed E-state index contributed by atoms with van der Waals surface area (Å²) < 4.78 is 8.29. The number of aromatic hydroxyl groups is 2. The average molecular weight is 541 g/mol. The molecule has 0 radical (unpaired) electrons. The lowest BCUT2D eigenvalue weighted by Gasteiger charge is -2.26. The first kappa shape index (κ1) is 28.1. The lowest BCUT2D eigenvalue weighted by molar-refractivity contribution is -0.566. The molecule has 3 aromatic rings. The van der Waals surface area contributed by atoms with E-state index in [1.807, 2.05) is 30.5 Å². The zero-order valence-corrected chi connectivity index (χ0v) is 23.1. The SMILES string of the molecule is CC(C)c1cc(-c2nnc(C[N+](=O)CCCCCS)n2-c2ccc(CN3CCOCC3)cc2)c(O)cc1O. The highest BCUT2D eigenvalue weighted by atomic mass is 32.1. The van der Waals surface area contributed by atoms with Crippen molar-refractivity contribution in [3.8, 4) is 28.6 Å². The summed E-state index contributed by atoms with van der Waals surface area (Å²) in [5.41, 5.74) is 3.13. The molecule has 2 N–H and O–H groups in total. The standard InChI is InChI=1S/C28H37N5O4S/c1-20(2)23-16-24(26(35)17-25(23)34)28-30-29-27(19-32(36)10-4-3-5-15-38)33(28)22-8-6-21(7-9-22)18-31-11-13-37-14-12-31/h6-9,16-17,20H,3-5,10-15,18-19H2,1-2H3,(H2-,34,35,38)/p+1. The lowest BCUT2D eigenvalue weighted by atomic mass is 9.98. The second-order valence-electron chi connectivity index (χ2n) is 10.1. The number of phenols is 2. The molecule has 10 heteroatoms. The molecule has 1 aliphatic heterocycles. The van der Waals surface area contributed by atoms with E-state index in [-0.39, 0.29) is 24.0 Å². The van der Waals surface area contributed by atoms with Crippen LogP contribution in [0.15, 0.2) is 36.4 Å². The van der Waals surface area contributed by atoms with E-state index in [2.05, 4.69) is 39.9 Å². The highest BCUT2D eigenvalue weighted by Crippen LogP contribution is 2.38. The maximum atomic E-state index is 12.8. The molecule has 1 aliphatic rings. The molecule has 0 bridgehead atoms. The van der Waals surface area contributed by atoms with Crippen molar-refractivity contribution in [2.45, 2.75) is 52.1 Å². The van der Waals surface area contributed by atoms with Gasteiger partial charge in [0.1, 0.15) is 11.5 Å². The fourth-order valence-electron chi connectivity index (χ4n) is 4.68. The third kappa shape index (κ3) is 6.92. The van der Waals surface area contributed by atoms with Crippen LogP contribution < -0.4 is 0 Å². The van der Waals surface area contributed by atoms with E-state index in [1.165, 1.54) is 11.6 Å². The van der Waals surface area contributed by atoms with E-state index in [9.17, 15) is 15.1 Å². The minimum atomic E-state index is -0.0956. The Morgan fingerprint density at radius 2 is 1.76 bits per heavy atom. The van der Waals surface area contributed by atoms with Gasteiger partial charge in [-0.3, -0.25) is 9.47 Å². The fourth-order valence-corrected chi connectivity index (χ4v) is 4.91. The minimum Gasteiger partial charge on any atom is -0.508 e. The minimum absolute atomic E-state index is 0.0342. The van der Waals surface area contributed by atoms with Gasteiger partial charge in [-0.25, -0.2) is 0 Å². The first-order valence-electron chi connectivity index (χ1n) is 13.3. The summed E-state index contributed by atoms with van der Waals surface area (Å²) in [7, 11) is 0. The highest BCUT2D eigenvalue weighted by molar-refractivity contribution is 7.80. The van der Waals surface area contributed by atoms with Crippen molar-refractivity contribution in [3.63, 3.8) is 0 Å². The van der Waals surface area contributed by atoms with Gasteiger partial charge in [-0.1, -0.05) is 26.0 Å². The number of nitrogens with zero attached hydrogens (tertiary/aromatic N) is 5.